The molecule has 0 spiro atoms. The summed E-state index contributed by atoms with van der Waals surface area (Å²) in [7, 11) is -1.48. The number of hydrogen-bond donors (Lipinski definition) is 2. The van der Waals surface area contributed by atoms with Crippen LogP contribution in [0.5, 0.6) is 0 Å². The lowest BCUT2D eigenvalue weighted by atomic mass is 10.4. The summed E-state index contributed by atoms with van der Waals surface area (Å²) in [5, 5.41) is 46.1. The monoisotopic (exact) mass is 998 g/mol. The molecule has 0 aromatic heterocycles. The van der Waals surface area contributed by atoms with E-state index in [9.17, 15) is 10.5 Å². The molecule has 8 aromatic rings. The summed E-state index contributed by atoms with van der Waals surface area (Å²) in [6.45, 7) is 0. The maximum absolute atomic E-state index is 10.8. The standard InChI is InChI=1S/C54H42N4P4S4/c55-41-63-53(59(43-25-9-1-10-26-43)44-27-11-2-12-28-44)51(57-61(47-33-17-5-18-34-47)48-35-19-6-20-36-48)65-66-52(58-62(49-37-21-7-22-38-49)50-39-23-8-24-40-50)54(64-42-56)60(45-29-13-3-14-30-45)46-31-15-4-16-32-46/h1-40,57-58H/b53-51-,54-52-. The first-order chi connectivity index (χ1) is 32.7. The molecule has 0 unspecified atom stereocenters. The topological polar surface area (TPSA) is 71.6 Å². The van der Waals surface area contributed by atoms with E-state index in [1.807, 2.05) is 24.3 Å². The largest absolute Gasteiger partial charge is 0.350 e. The number of thiocyanates is 2. The number of nitriles is 2. The smallest absolute Gasteiger partial charge is 0.138 e. The summed E-state index contributed by atoms with van der Waals surface area (Å²) >= 11 is 2.47. The van der Waals surface area contributed by atoms with Gasteiger partial charge in [0.1, 0.15) is 10.8 Å². The second-order valence-corrected chi connectivity index (χ2v) is 26.6. The Labute approximate surface area is 410 Å². The number of rotatable bonds is 19. The molecular formula is C54H42N4P4S4. The van der Waals surface area contributed by atoms with E-state index >= 15 is 0 Å². The van der Waals surface area contributed by atoms with Gasteiger partial charge >= 0.3 is 0 Å². The summed E-state index contributed by atoms with van der Waals surface area (Å²) < 4.78 is 1.91. The molecule has 0 amide bonds. The lowest BCUT2D eigenvalue weighted by Crippen LogP contribution is -2.24. The fourth-order valence-electron chi connectivity index (χ4n) is 6.90. The predicted molar refractivity (Wildman–Crippen MR) is 298 cm³/mol. The van der Waals surface area contributed by atoms with E-state index in [-0.39, 0.29) is 0 Å². The highest BCUT2D eigenvalue weighted by atomic mass is 33.1. The van der Waals surface area contributed by atoms with E-state index in [4.69, 9.17) is 0 Å². The third-order valence-electron chi connectivity index (χ3n) is 9.83. The number of benzene rings is 8. The second kappa shape index (κ2) is 25.2. The fraction of sp³-hybridized carbons (Fsp3) is 0. The maximum atomic E-state index is 10.8. The van der Waals surface area contributed by atoms with Crippen LogP contribution >= 0.6 is 77.1 Å². The van der Waals surface area contributed by atoms with Crippen molar-refractivity contribution < 1.29 is 0 Å². The van der Waals surface area contributed by atoms with Crippen LogP contribution in [0.1, 0.15) is 0 Å². The predicted octanol–water partition coefficient (Wildman–Crippen LogP) is 12.6. The summed E-state index contributed by atoms with van der Waals surface area (Å²) in [6, 6.07) is 84.7. The van der Waals surface area contributed by atoms with E-state index in [1.165, 1.54) is 23.5 Å². The zero-order valence-corrected chi connectivity index (χ0v) is 42.3. The fourth-order valence-corrected chi connectivity index (χ4v) is 22.3. The number of nitrogens with one attached hydrogen (secondary N) is 2. The molecule has 0 atom stereocenters. The van der Waals surface area contributed by atoms with Crippen LogP contribution in [0.2, 0.25) is 0 Å². The van der Waals surface area contributed by atoms with Crippen molar-refractivity contribution in [3.63, 3.8) is 0 Å². The van der Waals surface area contributed by atoms with Gasteiger partial charge in [0, 0.05) is 21.2 Å². The van der Waals surface area contributed by atoms with Gasteiger partial charge in [0.25, 0.3) is 0 Å². The minimum atomic E-state index is -1.21. The molecule has 0 fully saturated rings. The molecular weight excluding hydrogens is 957 g/mol. The number of nitrogens with zero attached hydrogens (tertiary/aromatic N) is 2. The van der Waals surface area contributed by atoms with E-state index in [2.05, 4.69) is 239 Å². The first-order valence-corrected chi connectivity index (χ1v) is 30.0. The van der Waals surface area contributed by atoms with E-state index in [0.29, 0.717) is 0 Å². The van der Waals surface area contributed by atoms with Crippen LogP contribution < -0.4 is 52.6 Å². The van der Waals surface area contributed by atoms with Crippen molar-refractivity contribution in [3.8, 4) is 10.8 Å². The first kappa shape index (κ1) is 47.4. The molecule has 4 nitrogen and oxygen atoms in total. The van der Waals surface area contributed by atoms with Gasteiger partial charge < -0.3 is 10.2 Å². The Morgan fingerprint density at radius 2 is 0.500 bits per heavy atom. The van der Waals surface area contributed by atoms with Gasteiger partial charge in [0.05, 0.1) is 35.5 Å². The van der Waals surface area contributed by atoms with Crippen LogP contribution in [0.25, 0.3) is 0 Å². The number of thioether (sulfide) groups is 2. The van der Waals surface area contributed by atoms with Crippen molar-refractivity contribution >= 4 is 120 Å². The van der Waals surface area contributed by atoms with Crippen molar-refractivity contribution in [2.75, 3.05) is 0 Å². The minimum Gasteiger partial charge on any atom is -0.350 e. The van der Waals surface area contributed by atoms with E-state index < -0.39 is 32.0 Å². The Hall–Kier alpha value is -5.06. The molecule has 8 rings (SSSR count). The van der Waals surface area contributed by atoms with Gasteiger partial charge in [-0.15, -0.1) is 0 Å². The molecule has 0 bridgehead atoms. The normalized spacial score (nSPS) is 12.0. The summed E-state index contributed by atoms with van der Waals surface area (Å²) in [6.07, 6.45) is 0. The molecule has 12 heteroatoms. The second-order valence-electron chi connectivity index (χ2n) is 14.1. The van der Waals surface area contributed by atoms with Crippen LogP contribution in [0.15, 0.2) is 262 Å². The summed E-state index contributed by atoms with van der Waals surface area (Å²) in [5.41, 5.74) is 0. The van der Waals surface area contributed by atoms with Gasteiger partial charge in [-0.1, -0.05) is 243 Å². The average Bonchev–Trinajstić information content (AvgIpc) is 3.39. The van der Waals surface area contributed by atoms with Crippen LogP contribution in [-0.2, 0) is 0 Å². The molecule has 0 aliphatic carbocycles. The Kier molecular flexibility index (Phi) is 18.1. The maximum Gasteiger partial charge on any atom is 0.138 e. The van der Waals surface area contributed by atoms with Crippen LogP contribution in [0.4, 0.5) is 0 Å². The molecule has 66 heavy (non-hydrogen) atoms. The SMILES string of the molecule is N#CS/C(=C(/NP(c1ccccc1)c1ccccc1)SS/C(NP(c1ccccc1)c1ccccc1)=C(\SC#N)P(c1ccccc1)c1ccccc1)P(c1ccccc1)c1ccccc1. The Morgan fingerprint density at radius 3 is 0.697 bits per heavy atom. The third kappa shape index (κ3) is 12.5. The number of hydrogen-bond acceptors (Lipinski definition) is 8. The highest BCUT2D eigenvalue weighted by Crippen LogP contribution is 2.58. The van der Waals surface area contributed by atoms with Crippen molar-refractivity contribution in [2.45, 2.75) is 0 Å². The highest BCUT2D eigenvalue weighted by Gasteiger charge is 2.30. The van der Waals surface area contributed by atoms with Gasteiger partial charge in [-0.05, 0) is 82.2 Å². The Bertz CT molecular complexity index is 2530. The minimum absolute atomic E-state index is 0.900. The lowest BCUT2D eigenvalue weighted by Gasteiger charge is -2.29. The molecule has 8 aromatic carbocycles. The third-order valence-corrected chi connectivity index (χ3v) is 24.3. The quantitative estimate of drug-likeness (QED) is 0.0472. The Balaban J connectivity index is 1.37. The van der Waals surface area contributed by atoms with E-state index in [0.717, 1.165) is 61.8 Å². The van der Waals surface area contributed by atoms with Crippen molar-refractivity contribution in [1.29, 1.82) is 10.5 Å². The van der Waals surface area contributed by atoms with Crippen LogP contribution in [-0.4, -0.2) is 0 Å². The summed E-state index contributed by atoms with van der Waals surface area (Å²) in [5.74, 6) is 0. The molecule has 0 heterocycles. The van der Waals surface area contributed by atoms with Gasteiger partial charge in [-0.25, -0.2) is 0 Å². The van der Waals surface area contributed by atoms with Crippen molar-refractivity contribution in [1.82, 2.24) is 10.2 Å². The highest BCUT2D eigenvalue weighted by molar-refractivity contribution is 8.79. The van der Waals surface area contributed by atoms with Crippen molar-refractivity contribution in [2.24, 2.45) is 0 Å². The van der Waals surface area contributed by atoms with Gasteiger partial charge in [0.15, 0.2) is 0 Å². The molecule has 0 radical (unpaired) electrons. The van der Waals surface area contributed by atoms with Gasteiger partial charge in [-0.3, -0.25) is 0 Å². The van der Waals surface area contributed by atoms with Gasteiger partial charge in [-0.2, -0.15) is 10.5 Å². The average molecular weight is 999 g/mol. The zero-order valence-electron chi connectivity index (χ0n) is 35.4. The Morgan fingerprint density at radius 1 is 0.303 bits per heavy atom. The van der Waals surface area contributed by atoms with Gasteiger partial charge in [0.2, 0.25) is 0 Å². The molecule has 0 saturated carbocycles. The molecule has 0 saturated heterocycles. The van der Waals surface area contributed by atoms with Crippen LogP contribution in [0.3, 0.4) is 0 Å². The van der Waals surface area contributed by atoms with E-state index in [1.54, 1.807) is 21.6 Å². The van der Waals surface area contributed by atoms with Crippen LogP contribution in [0, 0.1) is 21.3 Å². The summed E-state index contributed by atoms with van der Waals surface area (Å²) in [4.78, 5) is 0. The van der Waals surface area contributed by atoms with Crippen molar-refractivity contribution in [3.05, 3.63) is 262 Å². The molecule has 2 N–H and O–H groups in total. The molecule has 0 aliphatic rings. The molecule has 322 valence electrons. The zero-order chi connectivity index (χ0) is 45.2. The lowest BCUT2D eigenvalue weighted by molar-refractivity contribution is 1.35. The first-order valence-electron chi connectivity index (χ1n) is 20.8. The molecule has 0 aliphatic heterocycles.